The average molecular weight is 179 g/mol. The van der Waals surface area contributed by atoms with Crippen LogP contribution in [0.1, 0.15) is 17.7 Å². The van der Waals surface area contributed by atoms with Gasteiger partial charge in [0.15, 0.2) is 0 Å². The summed E-state index contributed by atoms with van der Waals surface area (Å²) in [6.45, 7) is 1.81. The number of carbonyl (C=O) groups excluding carboxylic acids is 1. The molecule has 5 nitrogen and oxygen atoms in total. The van der Waals surface area contributed by atoms with Crippen LogP contribution in [-0.2, 0) is 11.2 Å². The molecule has 0 radical (unpaired) electrons. The number of aromatic nitrogens is 2. The number of aryl methyl sites for hydroxylation is 1. The Hall–Kier alpha value is -1.65. The van der Waals surface area contributed by atoms with Crippen molar-refractivity contribution in [3.05, 3.63) is 21.6 Å². The minimum atomic E-state index is -0.325. The predicted octanol–water partition coefficient (Wildman–Crippen LogP) is -0.0370. The molecule has 0 bridgehead atoms. The maximum absolute atomic E-state index is 11.2. The Morgan fingerprint density at radius 1 is 1.31 bits per heavy atom. The summed E-state index contributed by atoms with van der Waals surface area (Å²) in [5.74, 6) is -0.108. The number of hydrogen-bond donors (Lipinski definition) is 2. The zero-order valence-electron chi connectivity index (χ0n) is 7.18. The maximum atomic E-state index is 11.2. The van der Waals surface area contributed by atoms with Crippen molar-refractivity contribution in [2.45, 2.75) is 19.8 Å². The number of carbonyl (C=O) groups is 1. The quantitative estimate of drug-likeness (QED) is 0.587. The van der Waals surface area contributed by atoms with Gasteiger partial charge in [-0.1, -0.05) is 0 Å². The van der Waals surface area contributed by atoms with Crippen LogP contribution in [0.4, 0.5) is 5.69 Å². The van der Waals surface area contributed by atoms with Crippen LogP contribution in [0.3, 0.4) is 0 Å². The number of H-pyrrole nitrogens is 1. The fraction of sp³-hybridized carbons (Fsp3) is 0.375. The van der Waals surface area contributed by atoms with Crippen molar-refractivity contribution in [2.24, 2.45) is 0 Å². The van der Waals surface area contributed by atoms with E-state index in [0.717, 1.165) is 11.3 Å². The summed E-state index contributed by atoms with van der Waals surface area (Å²) in [4.78, 5) is 22.2. The lowest BCUT2D eigenvalue weighted by molar-refractivity contribution is -0.116. The number of aromatic amines is 1. The molecule has 1 aliphatic rings. The van der Waals surface area contributed by atoms with E-state index in [0.29, 0.717) is 18.5 Å². The fourth-order valence-electron chi connectivity index (χ4n) is 1.45. The van der Waals surface area contributed by atoms with Gasteiger partial charge in [0.2, 0.25) is 5.91 Å². The molecule has 2 rings (SSSR count). The standard InChI is InChI=1S/C8H9N3O2/c1-4-5-2-3-6(12)9-7(5)8(13)11-10-4/h2-3H2,1H3,(H,9,12)(H,11,13). The predicted molar refractivity (Wildman–Crippen MR) is 46.5 cm³/mol. The molecule has 1 amide bonds. The highest BCUT2D eigenvalue weighted by atomic mass is 16.2. The molecule has 0 spiro atoms. The molecular weight excluding hydrogens is 170 g/mol. The fourth-order valence-corrected chi connectivity index (χ4v) is 1.45. The summed E-state index contributed by atoms with van der Waals surface area (Å²) in [6, 6.07) is 0. The first-order valence-electron chi connectivity index (χ1n) is 4.06. The molecule has 0 unspecified atom stereocenters. The van der Waals surface area contributed by atoms with Gasteiger partial charge in [-0.05, 0) is 13.3 Å². The van der Waals surface area contributed by atoms with Gasteiger partial charge in [0.1, 0.15) is 5.69 Å². The molecule has 1 aromatic rings. The average Bonchev–Trinajstić information content (AvgIpc) is 2.12. The summed E-state index contributed by atoms with van der Waals surface area (Å²) >= 11 is 0. The minimum absolute atomic E-state index is 0.108. The van der Waals surface area contributed by atoms with Crippen molar-refractivity contribution in [3.8, 4) is 0 Å². The Kier molecular flexibility index (Phi) is 1.65. The van der Waals surface area contributed by atoms with Crippen molar-refractivity contribution < 1.29 is 4.79 Å². The molecule has 13 heavy (non-hydrogen) atoms. The number of nitrogens with one attached hydrogen (secondary N) is 2. The molecule has 0 aliphatic carbocycles. The number of rotatable bonds is 0. The molecule has 0 saturated carbocycles. The SMILES string of the molecule is Cc1n[nH]c(=O)c2c1CCC(=O)N2. The maximum Gasteiger partial charge on any atom is 0.288 e. The Morgan fingerprint density at radius 3 is 2.85 bits per heavy atom. The highest BCUT2D eigenvalue weighted by Gasteiger charge is 2.19. The lowest BCUT2D eigenvalue weighted by Gasteiger charge is -2.16. The zero-order valence-corrected chi connectivity index (χ0v) is 7.18. The number of amides is 1. The largest absolute Gasteiger partial charge is 0.321 e. The van der Waals surface area contributed by atoms with Crippen molar-refractivity contribution in [2.75, 3.05) is 5.32 Å². The van der Waals surface area contributed by atoms with Crippen LogP contribution in [0.5, 0.6) is 0 Å². The smallest absolute Gasteiger partial charge is 0.288 e. The molecule has 0 saturated heterocycles. The molecule has 5 heteroatoms. The third kappa shape index (κ3) is 1.22. The highest BCUT2D eigenvalue weighted by Crippen LogP contribution is 2.19. The second-order valence-electron chi connectivity index (χ2n) is 3.04. The summed E-state index contributed by atoms with van der Waals surface area (Å²) < 4.78 is 0. The molecule has 2 N–H and O–H groups in total. The van der Waals surface area contributed by atoms with Gasteiger partial charge in [0.05, 0.1) is 5.69 Å². The van der Waals surface area contributed by atoms with Gasteiger partial charge in [-0.25, -0.2) is 5.10 Å². The van der Waals surface area contributed by atoms with E-state index in [1.54, 1.807) is 0 Å². The van der Waals surface area contributed by atoms with Crippen LogP contribution in [0, 0.1) is 6.92 Å². The van der Waals surface area contributed by atoms with Crippen molar-refractivity contribution in [3.63, 3.8) is 0 Å². The van der Waals surface area contributed by atoms with Crippen molar-refractivity contribution in [1.29, 1.82) is 0 Å². The van der Waals surface area contributed by atoms with Gasteiger partial charge in [-0.2, -0.15) is 5.10 Å². The lowest BCUT2D eigenvalue weighted by Crippen LogP contribution is -2.28. The van der Waals surface area contributed by atoms with Crippen LogP contribution in [-0.4, -0.2) is 16.1 Å². The van der Waals surface area contributed by atoms with E-state index in [4.69, 9.17) is 0 Å². The molecule has 2 heterocycles. The summed E-state index contributed by atoms with van der Waals surface area (Å²) in [6.07, 6.45) is 1.03. The number of fused-ring (bicyclic) bond motifs is 1. The van der Waals surface area contributed by atoms with Crippen LogP contribution < -0.4 is 10.9 Å². The molecule has 0 fully saturated rings. The van der Waals surface area contributed by atoms with Gasteiger partial charge < -0.3 is 5.32 Å². The van der Waals surface area contributed by atoms with E-state index >= 15 is 0 Å². The Balaban J connectivity index is 2.64. The van der Waals surface area contributed by atoms with E-state index < -0.39 is 0 Å². The number of anilines is 1. The Morgan fingerprint density at radius 2 is 2.08 bits per heavy atom. The van der Waals surface area contributed by atoms with Gasteiger partial charge in [0, 0.05) is 12.0 Å². The molecular formula is C8H9N3O2. The first-order chi connectivity index (χ1) is 6.18. The van der Waals surface area contributed by atoms with Crippen LogP contribution in [0.25, 0.3) is 0 Å². The second-order valence-corrected chi connectivity index (χ2v) is 3.04. The summed E-state index contributed by atoms with van der Waals surface area (Å²) in [5, 5.41) is 8.70. The molecule has 0 atom stereocenters. The Bertz CT molecular complexity index is 422. The second kappa shape index (κ2) is 2.69. The first kappa shape index (κ1) is 7.97. The normalized spacial score (nSPS) is 15.0. The van der Waals surface area contributed by atoms with Crippen LogP contribution in [0.15, 0.2) is 4.79 Å². The molecule has 0 aromatic carbocycles. The summed E-state index contributed by atoms with van der Waals surface area (Å²) in [7, 11) is 0. The Labute approximate surface area is 74.2 Å². The van der Waals surface area contributed by atoms with Crippen LogP contribution >= 0.6 is 0 Å². The number of nitrogens with zero attached hydrogens (tertiary/aromatic N) is 1. The molecule has 1 aliphatic heterocycles. The van der Waals surface area contributed by atoms with E-state index in [9.17, 15) is 9.59 Å². The first-order valence-corrected chi connectivity index (χ1v) is 4.06. The van der Waals surface area contributed by atoms with Gasteiger partial charge in [-0.3, -0.25) is 9.59 Å². The monoisotopic (exact) mass is 179 g/mol. The summed E-state index contributed by atoms with van der Waals surface area (Å²) in [5.41, 5.74) is 1.66. The third-order valence-electron chi connectivity index (χ3n) is 2.16. The molecule has 68 valence electrons. The van der Waals surface area contributed by atoms with E-state index in [1.165, 1.54) is 0 Å². The minimum Gasteiger partial charge on any atom is -0.321 e. The van der Waals surface area contributed by atoms with Gasteiger partial charge in [0.25, 0.3) is 5.56 Å². The van der Waals surface area contributed by atoms with Gasteiger partial charge >= 0.3 is 0 Å². The third-order valence-corrected chi connectivity index (χ3v) is 2.16. The van der Waals surface area contributed by atoms with E-state index in [2.05, 4.69) is 15.5 Å². The van der Waals surface area contributed by atoms with Crippen LogP contribution in [0.2, 0.25) is 0 Å². The van der Waals surface area contributed by atoms with Gasteiger partial charge in [-0.15, -0.1) is 0 Å². The topological polar surface area (TPSA) is 74.8 Å². The van der Waals surface area contributed by atoms with Crippen molar-refractivity contribution in [1.82, 2.24) is 10.2 Å². The van der Waals surface area contributed by atoms with E-state index in [1.807, 2.05) is 6.92 Å². The lowest BCUT2D eigenvalue weighted by atomic mass is 10.0. The van der Waals surface area contributed by atoms with E-state index in [-0.39, 0.29) is 11.5 Å². The molecule has 1 aromatic heterocycles. The zero-order chi connectivity index (χ0) is 9.42. The van der Waals surface area contributed by atoms with Crippen molar-refractivity contribution >= 4 is 11.6 Å². The number of hydrogen-bond acceptors (Lipinski definition) is 3. The highest BCUT2D eigenvalue weighted by molar-refractivity contribution is 5.93.